The molecule has 0 aliphatic rings. The summed E-state index contributed by atoms with van der Waals surface area (Å²) in [6, 6.07) is 12.1. The van der Waals surface area contributed by atoms with Crippen molar-refractivity contribution >= 4 is 11.6 Å². The summed E-state index contributed by atoms with van der Waals surface area (Å²) in [5, 5.41) is 25.9. The van der Waals surface area contributed by atoms with Crippen molar-refractivity contribution in [1.29, 1.82) is 0 Å². The van der Waals surface area contributed by atoms with Gasteiger partial charge in [-0.15, -0.1) is 10.2 Å². The number of hydrogen-bond donors (Lipinski definition) is 2. The maximum absolute atomic E-state index is 13.6. The minimum Gasteiger partial charge on any atom is -0.495 e. The molecule has 0 bridgehead atoms. The summed E-state index contributed by atoms with van der Waals surface area (Å²) in [6.45, 7) is 0.573. The minimum atomic E-state index is -0.805. The molecule has 2 atom stereocenters. The van der Waals surface area contributed by atoms with Gasteiger partial charge in [-0.25, -0.2) is 4.39 Å². The van der Waals surface area contributed by atoms with Crippen molar-refractivity contribution in [3.05, 3.63) is 88.2 Å². The number of aryl methyl sites for hydroxylation is 1. The third-order valence-electron chi connectivity index (χ3n) is 6.19. The van der Waals surface area contributed by atoms with Gasteiger partial charge >= 0.3 is 0 Å². The van der Waals surface area contributed by atoms with E-state index < -0.39 is 6.10 Å². The number of benzene rings is 2. The second-order valence-corrected chi connectivity index (χ2v) is 9.07. The van der Waals surface area contributed by atoms with E-state index in [1.54, 1.807) is 24.3 Å². The third kappa shape index (κ3) is 6.41. The highest BCUT2D eigenvalue weighted by Gasteiger charge is 2.24. The molecule has 0 radical (unpaired) electrons. The van der Waals surface area contributed by atoms with Crippen LogP contribution in [0.4, 0.5) is 4.39 Å². The topological polar surface area (TPSA) is 98.1 Å². The molecule has 0 amide bonds. The summed E-state index contributed by atoms with van der Waals surface area (Å²) < 4.78 is 26.5. The van der Waals surface area contributed by atoms with Gasteiger partial charge in [0.1, 0.15) is 22.3 Å². The van der Waals surface area contributed by atoms with E-state index in [1.165, 1.54) is 20.3 Å². The minimum absolute atomic E-state index is 0.139. The fraction of sp³-hybridized carbons (Fsp3) is 0.346. The zero-order chi connectivity index (χ0) is 25.5. The summed E-state index contributed by atoms with van der Waals surface area (Å²) in [5.74, 6) is 1.10. The average Bonchev–Trinajstić information content (AvgIpc) is 3.55. The first kappa shape index (κ1) is 25.7. The quantitative estimate of drug-likeness (QED) is 0.283. The lowest BCUT2D eigenvalue weighted by Gasteiger charge is -2.25. The van der Waals surface area contributed by atoms with Gasteiger partial charge in [-0.3, -0.25) is 0 Å². The Hall–Kier alpha value is -3.43. The first-order chi connectivity index (χ1) is 17.5. The normalized spacial score (nSPS) is 12.9. The Morgan fingerprint density at radius 1 is 1.11 bits per heavy atom. The van der Waals surface area contributed by atoms with Gasteiger partial charge in [0, 0.05) is 31.3 Å². The maximum Gasteiger partial charge on any atom is 0.178 e. The largest absolute Gasteiger partial charge is 0.495 e. The summed E-state index contributed by atoms with van der Waals surface area (Å²) in [6.07, 6.45) is 5.95. The number of nitrogens with one attached hydrogen (secondary N) is 1. The van der Waals surface area contributed by atoms with E-state index in [4.69, 9.17) is 21.1 Å². The summed E-state index contributed by atoms with van der Waals surface area (Å²) >= 11 is 6.34. The Morgan fingerprint density at radius 3 is 2.56 bits per heavy atom. The fourth-order valence-electron chi connectivity index (χ4n) is 4.36. The van der Waals surface area contributed by atoms with Gasteiger partial charge in [0.15, 0.2) is 5.82 Å². The number of aliphatic hydroxyl groups is 1. The van der Waals surface area contributed by atoms with Crippen molar-refractivity contribution in [2.24, 2.45) is 5.92 Å². The summed E-state index contributed by atoms with van der Waals surface area (Å²) in [5.41, 5.74) is 2.63. The van der Waals surface area contributed by atoms with Crippen molar-refractivity contribution in [3.8, 4) is 11.5 Å². The van der Waals surface area contributed by atoms with Crippen LogP contribution in [0.3, 0.4) is 0 Å². The van der Waals surface area contributed by atoms with Crippen LogP contribution in [-0.4, -0.2) is 44.5 Å². The molecule has 2 heterocycles. The molecule has 2 N–H and O–H groups in total. The molecular weight excluding hydrogens is 485 g/mol. The molecule has 0 spiro atoms. The Labute approximate surface area is 214 Å². The van der Waals surface area contributed by atoms with Gasteiger partial charge < -0.3 is 19.1 Å². The molecule has 8 nitrogen and oxygen atoms in total. The van der Waals surface area contributed by atoms with E-state index in [0.717, 1.165) is 17.5 Å². The van der Waals surface area contributed by atoms with Crippen molar-refractivity contribution in [1.82, 2.24) is 25.2 Å². The average molecular weight is 514 g/mol. The summed E-state index contributed by atoms with van der Waals surface area (Å²) in [4.78, 5) is 0. The number of hydrogen-bond acceptors (Lipinski definition) is 6. The lowest BCUT2D eigenvalue weighted by atomic mass is 9.89. The number of rotatable bonds is 12. The van der Waals surface area contributed by atoms with E-state index in [9.17, 15) is 9.50 Å². The van der Waals surface area contributed by atoms with Crippen molar-refractivity contribution < 1.29 is 19.0 Å². The standard InChI is InChI=1S/C26H29ClFN5O3/c1-35-22-13-20(14-23(36-2)25(22)27)26(34)19(7-3-5-17-6-4-8-21(28)11-17)16-33-10-9-18(15-33)12-24-29-31-32-30-24/h4,6,8-11,13-15,19,26,34H,3,5,7,12,16H2,1-2H3,(H,29,30,31,32)/t19-,26-/m0/s1. The fourth-order valence-corrected chi connectivity index (χ4v) is 4.63. The SMILES string of the molecule is COc1cc([C@@H](O)[C@@H](CCCc2cccc(F)c2)Cn2ccc(Cc3nn[nH]n3)c2)cc(OC)c1Cl. The van der Waals surface area contributed by atoms with Crippen LogP contribution in [0.25, 0.3) is 0 Å². The van der Waals surface area contributed by atoms with Crippen LogP contribution in [0.2, 0.25) is 5.02 Å². The van der Waals surface area contributed by atoms with Crippen LogP contribution < -0.4 is 9.47 Å². The zero-order valence-electron chi connectivity index (χ0n) is 20.2. The van der Waals surface area contributed by atoms with E-state index in [1.807, 2.05) is 24.5 Å². The van der Waals surface area contributed by atoms with Gasteiger partial charge in [-0.2, -0.15) is 5.21 Å². The van der Waals surface area contributed by atoms with Crippen molar-refractivity contribution in [2.45, 2.75) is 38.3 Å². The van der Waals surface area contributed by atoms with Crippen LogP contribution in [0.5, 0.6) is 11.5 Å². The molecule has 36 heavy (non-hydrogen) atoms. The van der Waals surface area contributed by atoms with Gasteiger partial charge in [0.25, 0.3) is 0 Å². The first-order valence-corrected chi connectivity index (χ1v) is 12.1. The molecule has 10 heteroatoms. The Morgan fingerprint density at radius 2 is 1.89 bits per heavy atom. The van der Waals surface area contributed by atoms with E-state index >= 15 is 0 Å². The second kappa shape index (κ2) is 12.0. The number of methoxy groups -OCH3 is 2. The van der Waals surface area contributed by atoms with Crippen molar-refractivity contribution in [2.75, 3.05) is 14.2 Å². The van der Waals surface area contributed by atoms with Crippen molar-refractivity contribution in [3.63, 3.8) is 0 Å². The van der Waals surface area contributed by atoms with Gasteiger partial charge in [0.05, 0.1) is 20.3 Å². The molecule has 0 saturated heterocycles. The first-order valence-electron chi connectivity index (χ1n) is 11.7. The maximum atomic E-state index is 13.6. The lowest BCUT2D eigenvalue weighted by molar-refractivity contribution is 0.0904. The number of aromatic amines is 1. The number of tetrazole rings is 1. The number of ether oxygens (including phenoxy) is 2. The third-order valence-corrected chi connectivity index (χ3v) is 6.57. The monoisotopic (exact) mass is 513 g/mol. The molecule has 190 valence electrons. The number of aromatic nitrogens is 5. The van der Waals surface area contributed by atoms with Crippen LogP contribution >= 0.6 is 11.6 Å². The molecule has 4 rings (SSSR count). The predicted molar refractivity (Wildman–Crippen MR) is 134 cm³/mol. The number of aliphatic hydroxyl groups excluding tert-OH is 1. The number of H-pyrrole nitrogens is 1. The lowest BCUT2D eigenvalue weighted by Crippen LogP contribution is -2.19. The molecule has 0 fully saturated rings. The van der Waals surface area contributed by atoms with Crippen LogP contribution in [0, 0.1) is 11.7 Å². The molecule has 2 aromatic heterocycles. The predicted octanol–water partition coefficient (Wildman–Crippen LogP) is 4.77. The zero-order valence-corrected chi connectivity index (χ0v) is 21.0. The second-order valence-electron chi connectivity index (χ2n) is 8.69. The van der Waals surface area contributed by atoms with E-state index in [0.29, 0.717) is 53.7 Å². The van der Waals surface area contributed by atoms with E-state index in [2.05, 4.69) is 25.2 Å². The molecule has 4 aromatic rings. The van der Waals surface area contributed by atoms with Crippen LogP contribution in [-0.2, 0) is 19.4 Å². The molecule has 0 aliphatic heterocycles. The Balaban J connectivity index is 1.53. The molecular formula is C26H29ClFN5O3. The molecule has 2 aromatic carbocycles. The number of nitrogens with zero attached hydrogens (tertiary/aromatic N) is 4. The van der Waals surface area contributed by atoms with Crippen LogP contribution in [0.15, 0.2) is 54.9 Å². The Kier molecular flexibility index (Phi) is 8.56. The number of halogens is 2. The molecule has 0 saturated carbocycles. The molecule has 0 aliphatic carbocycles. The van der Waals surface area contributed by atoms with Gasteiger partial charge in [-0.1, -0.05) is 28.9 Å². The van der Waals surface area contributed by atoms with Gasteiger partial charge in [0.2, 0.25) is 0 Å². The van der Waals surface area contributed by atoms with Gasteiger partial charge in [-0.05, 0) is 66.3 Å². The Bertz CT molecular complexity index is 1240. The molecule has 0 unspecified atom stereocenters. The smallest absolute Gasteiger partial charge is 0.178 e. The highest BCUT2D eigenvalue weighted by molar-refractivity contribution is 6.33. The highest BCUT2D eigenvalue weighted by atomic mass is 35.5. The van der Waals surface area contributed by atoms with Crippen LogP contribution in [0.1, 0.15) is 41.5 Å². The summed E-state index contributed by atoms with van der Waals surface area (Å²) in [7, 11) is 3.05. The van der Waals surface area contributed by atoms with E-state index in [-0.39, 0.29) is 11.7 Å². The highest BCUT2D eigenvalue weighted by Crippen LogP contribution is 2.39.